The third-order valence-corrected chi connectivity index (χ3v) is 6.50. The summed E-state index contributed by atoms with van der Waals surface area (Å²) in [7, 11) is 1.29. The molecule has 0 radical (unpaired) electrons. The van der Waals surface area contributed by atoms with Crippen molar-refractivity contribution in [1.29, 1.82) is 0 Å². The first-order valence-electron chi connectivity index (χ1n) is 9.22. The maximum Gasteiger partial charge on any atom is 0.341 e. The number of furan rings is 1. The van der Waals surface area contributed by atoms with Gasteiger partial charge >= 0.3 is 5.97 Å². The minimum atomic E-state index is -0.563. The molecular weight excluding hydrogens is 474 g/mol. The summed E-state index contributed by atoms with van der Waals surface area (Å²) in [6.45, 7) is 0.350. The van der Waals surface area contributed by atoms with E-state index >= 15 is 0 Å². The van der Waals surface area contributed by atoms with E-state index in [0.29, 0.717) is 38.6 Å². The van der Waals surface area contributed by atoms with Crippen LogP contribution in [0, 0.1) is 0 Å². The van der Waals surface area contributed by atoms with Crippen LogP contribution in [0.5, 0.6) is 0 Å². The molecule has 32 heavy (non-hydrogen) atoms. The molecule has 0 saturated heterocycles. The first kappa shape index (κ1) is 22.1. The maximum absolute atomic E-state index is 12.6. The molecule has 12 heteroatoms. The molecule has 0 aliphatic heterocycles. The summed E-state index contributed by atoms with van der Waals surface area (Å²) < 4.78 is 11.8. The molecule has 4 aromatic rings. The molecule has 0 unspecified atom stereocenters. The predicted octanol–water partition coefficient (Wildman–Crippen LogP) is 4.21. The highest BCUT2D eigenvalue weighted by molar-refractivity contribution is 7.99. The summed E-state index contributed by atoms with van der Waals surface area (Å²) in [6, 6.07) is 10.7. The van der Waals surface area contributed by atoms with Crippen molar-refractivity contribution in [3.8, 4) is 11.1 Å². The highest BCUT2D eigenvalue weighted by Crippen LogP contribution is 2.39. The second kappa shape index (κ2) is 9.98. The van der Waals surface area contributed by atoms with Crippen LogP contribution in [0.4, 0.5) is 5.00 Å². The average molecular weight is 490 g/mol. The summed E-state index contributed by atoms with van der Waals surface area (Å²) in [5.41, 5.74) is 1.53. The van der Waals surface area contributed by atoms with Gasteiger partial charge in [-0.2, -0.15) is 0 Å². The van der Waals surface area contributed by atoms with Crippen molar-refractivity contribution in [2.45, 2.75) is 11.7 Å². The lowest BCUT2D eigenvalue weighted by Gasteiger charge is -2.08. The zero-order chi connectivity index (χ0) is 22.5. The molecule has 0 aliphatic carbocycles. The largest absolute Gasteiger partial charge is 0.467 e. The van der Waals surface area contributed by atoms with Gasteiger partial charge in [0.1, 0.15) is 22.9 Å². The number of nitrogens with one attached hydrogen (secondary N) is 1. The van der Waals surface area contributed by atoms with E-state index in [-0.39, 0.29) is 17.2 Å². The molecule has 0 spiro atoms. The van der Waals surface area contributed by atoms with Crippen molar-refractivity contribution in [1.82, 2.24) is 20.2 Å². The fourth-order valence-electron chi connectivity index (χ4n) is 2.87. The number of rotatable bonds is 8. The van der Waals surface area contributed by atoms with E-state index in [1.807, 2.05) is 12.1 Å². The number of halogens is 1. The molecule has 164 valence electrons. The molecular formula is C20H16ClN5O4S2. The van der Waals surface area contributed by atoms with Crippen molar-refractivity contribution in [2.75, 3.05) is 18.2 Å². The zero-order valence-electron chi connectivity index (χ0n) is 16.6. The number of hydrogen-bond acceptors (Lipinski definition) is 9. The standard InChI is InChI=1S/C20H16ClN5O4S2/c1-29-19(28)17-14(13-6-2-3-7-15(13)21)10-31-18(17)22-16(27)11-32-20-23-24-25-26(20)9-12-5-4-8-30-12/h2-8,10H,9,11H2,1H3,(H,22,27). The minimum Gasteiger partial charge on any atom is -0.467 e. The third-order valence-electron chi connectivity index (χ3n) is 4.31. The van der Waals surface area contributed by atoms with E-state index in [1.54, 1.807) is 35.9 Å². The van der Waals surface area contributed by atoms with Gasteiger partial charge in [-0.15, -0.1) is 16.4 Å². The van der Waals surface area contributed by atoms with Gasteiger partial charge in [0.25, 0.3) is 0 Å². The zero-order valence-corrected chi connectivity index (χ0v) is 19.0. The summed E-state index contributed by atoms with van der Waals surface area (Å²) in [6.07, 6.45) is 1.57. The molecule has 1 amide bonds. The molecule has 3 aromatic heterocycles. The SMILES string of the molecule is COC(=O)c1c(-c2ccccc2Cl)csc1NC(=O)CSc1nnnn1Cc1ccco1. The number of carbonyl (C=O) groups is 2. The van der Waals surface area contributed by atoms with Crippen molar-refractivity contribution in [3.05, 3.63) is 64.4 Å². The highest BCUT2D eigenvalue weighted by Gasteiger charge is 2.23. The molecule has 0 fully saturated rings. The van der Waals surface area contributed by atoms with Crippen molar-refractivity contribution >= 4 is 51.6 Å². The van der Waals surface area contributed by atoms with Gasteiger partial charge in [-0.1, -0.05) is 41.6 Å². The third kappa shape index (κ3) is 4.85. The van der Waals surface area contributed by atoms with E-state index in [1.165, 1.54) is 34.9 Å². The number of thiophene rings is 1. The minimum absolute atomic E-state index is 0.0401. The Hall–Kier alpha value is -3.15. The van der Waals surface area contributed by atoms with Crippen molar-refractivity contribution in [3.63, 3.8) is 0 Å². The molecule has 3 heterocycles. The smallest absolute Gasteiger partial charge is 0.341 e. The van der Waals surface area contributed by atoms with Gasteiger partial charge in [-0.25, -0.2) is 9.48 Å². The first-order chi connectivity index (χ1) is 15.6. The van der Waals surface area contributed by atoms with Gasteiger partial charge in [-0.05, 0) is 28.6 Å². The van der Waals surface area contributed by atoms with E-state index in [0.717, 1.165) is 0 Å². The quantitative estimate of drug-likeness (QED) is 0.289. The Labute approximate surface area is 195 Å². The number of ether oxygens (including phenoxy) is 1. The Morgan fingerprint density at radius 3 is 2.84 bits per heavy atom. The van der Waals surface area contributed by atoms with E-state index in [4.69, 9.17) is 20.8 Å². The fourth-order valence-corrected chi connectivity index (χ4v) is 4.75. The van der Waals surface area contributed by atoms with Gasteiger partial charge in [0.2, 0.25) is 11.1 Å². The summed E-state index contributed by atoms with van der Waals surface area (Å²) in [4.78, 5) is 25.1. The maximum atomic E-state index is 12.6. The second-order valence-corrected chi connectivity index (χ2v) is 8.59. The lowest BCUT2D eigenvalue weighted by Crippen LogP contribution is -2.16. The average Bonchev–Trinajstić information content (AvgIpc) is 3.54. The lowest BCUT2D eigenvalue weighted by atomic mass is 10.0. The number of hydrogen-bond donors (Lipinski definition) is 1. The van der Waals surface area contributed by atoms with Crippen LogP contribution in [-0.2, 0) is 16.1 Å². The molecule has 0 atom stereocenters. The van der Waals surface area contributed by atoms with Crippen LogP contribution < -0.4 is 5.32 Å². The van der Waals surface area contributed by atoms with Gasteiger partial charge in [0.05, 0.1) is 19.1 Å². The Bertz CT molecular complexity index is 1240. The number of benzene rings is 1. The predicted molar refractivity (Wildman–Crippen MR) is 121 cm³/mol. The highest BCUT2D eigenvalue weighted by atomic mass is 35.5. The Morgan fingerprint density at radius 2 is 2.09 bits per heavy atom. The van der Waals surface area contributed by atoms with Gasteiger partial charge in [-0.3, -0.25) is 4.79 Å². The van der Waals surface area contributed by atoms with Gasteiger partial charge < -0.3 is 14.5 Å². The number of amides is 1. The molecule has 0 bridgehead atoms. The Morgan fingerprint density at radius 1 is 1.25 bits per heavy atom. The Kier molecular flexibility index (Phi) is 6.88. The Balaban J connectivity index is 1.48. The van der Waals surface area contributed by atoms with E-state index in [9.17, 15) is 9.59 Å². The molecule has 4 rings (SSSR count). The van der Waals surface area contributed by atoms with Gasteiger partial charge in [0, 0.05) is 21.5 Å². The fraction of sp³-hybridized carbons (Fsp3) is 0.150. The lowest BCUT2D eigenvalue weighted by molar-refractivity contribution is -0.113. The number of nitrogens with zero attached hydrogens (tertiary/aromatic N) is 4. The van der Waals surface area contributed by atoms with Crippen LogP contribution in [0.15, 0.2) is 57.6 Å². The number of carbonyl (C=O) groups excluding carboxylic acids is 2. The molecule has 0 aliphatic rings. The second-order valence-electron chi connectivity index (χ2n) is 6.36. The molecule has 0 saturated carbocycles. The normalized spacial score (nSPS) is 10.8. The molecule has 1 N–H and O–H groups in total. The number of aromatic nitrogens is 4. The summed E-state index contributed by atoms with van der Waals surface area (Å²) in [5, 5.41) is 17.4. The van der Waals surface area contributed by atoms with Crippen LogP contribution in [0.25, 0.3) is 11.1 Å². The van der Waals surface area contributed by atoms with Crippen molar-refractivity contribution < 1.29 is 18.7 Å². The van der Waals surface area contributed by atoms with E-state index < -0.39 is 5.97 Å². The van der Waals surface area contributed by atoms with E-state index in [2.05, 4.69) is 20.8 Å². The number of anilines is 1. The molecule has 9 nitrogen and oxygen atoms in total. The number of methoxy groups -OCH3 is 1. The van der Waals surface area contributed by atoms with Gasteiger partial charge in [0.15, 0.2) is 0 Å². The number of esters is 1. The number of tetrazole rings is 1. The van der Waals surface area contributed by atoms with Crippen molar-refractivity contribution in [2.24, 2.45) is 0 Å². The van der Waals surface area contributed by atoms with Crippen LogP contribution in [0.3, 0.4) is 0 Å². The number of thioether (sulfide) groups is 1. The first-order valence-corrected chi connectivity index (χ1v) is 11.5. The summed E-state index contributed by atoms with van der Waals surface area (Å²) in [5.74, 6) is -0.151. The monoisotopic (exact) mass is 489 g/mol. The van der Waals surface area contributed by atoms with Crippen LogP contribution in [0.1, 0.15) is 16.1 Å². The van der Waals surface area contributed by atoms with Crippen LogP contribution in [-0.4, -0.2) is 44.9 Å². The van der Waals surface area contributed by atoms with Crippen LogP contribution in [0.2, 0.25) is 5.02 Å². The summed E-state index contributed by atoms with van der Waals surface area (Å²) >= 11 is 8.69. The molecule has 1 aromatic carbocycles. The van der Waals surface area contributed by atoms with Crippen LogP contribution >= 0.6 is 34.7 Å². The topological polar surface area (TPSA) is 112 Å².